The second-order valence-corrected chi connectivity index (χ2v) is 4.50. The summed E-state index contributed by atoms with van der Waals surface area (Å²) >= 11 is 1.58. The molecule has 1 aromatic heterocycles. The van der Waals surface area contributed by atoms with Crippen molar-refractivity contribution in [2.45, 2.75) is 23.8 Å². The Labute approximate surface area is 98.8 Å². The van der Waals surface area contributed by atoms with E-state index in [0.29, 0.717) is 11.4 Å². The summed E-state index contributed by atoms with van der Waals surface area (Å²) in [5.41, 5.74) is 0.368. The van der Waals surface area contributed by atoms with E-state index in [2.05, 4.69) is 10.3 Å². The molecule has 0 atom stereocenters. The maximum Gasteiger partial charge on any atom is 0.273 e. The first-order valence-corrected chi connectivity index (χ1v) is 6.40. The van der Waals surface area contributed by atoms with Crippen molar-refractivity contribution >= 4 is 17.7 Å². The topological polar surface area (TPSA) is 51.2 Å². The summed E-state index contributed by atoms with van der Waals surface area (Å²) in [6.07, 6.45) is 6.06. The molecule has 1 heterocycles. The number of carbonyl (C=O) groups excluding carboxylic acids is 1. The molecule has 0 saturated heterocycles. The van der Waals surface area contributed by atoms with Crippen LogP contribution >= 0.6 is 11.8 Å². The van der Waals surface area contributed by atoms with Gasteiger partial charge in [-0.2, -0.15) is 0 Å². The monoisotopic (exact) mass is 238 g/mol. The van der Waals surface area contributed by atoms with E-state index in [4.69, 9.17) is 4.74 Å². The van der Waals surface area contributed by atoms with Gasteiger partial charge in [-0.3, -0.25) is 4.79 Å². The minimum absolute atomic E-state index is 0.205. The largest absolute Gasteiger partial charge is 0.488 e. The molecule has 0 radical (unpaired) electrons. The summed E-state index contributed by atoms with van der Waals surface area (Å²) in [5.74, 6) is 0.386. The van der Waals surface area contributed by atoms with Gasteiger partial charge < -0.3 is 10.1 Å². The number of thioether (sulfide) groups is 1. The van der Waals surface area contributed by atoms with Crippen LogP contribution in [0.15, 0.2) is 17.2 Å². The summed E-state index contributed by atoms with van der Waals surface area (Å²) in [6.45, 7) is 0. The first kappa shape index (κ1) is 11.3. The third-order valence-corrected chi connectivity index (χ3v) is 3.02. The average Bonchev–Trinajstić information content (AvgIpc) is 3.12. The maximum absolute atomic E-state index is 11.6. The molecule has 86 valence electrons. The number of rotatable bonds is 4. The lowest BCUT2D eigenvalue weighted by molar-refractivity contribution is 0.0953. The Hall–Kier alpha value is -1.23. The van der Waals surface area contributed by atoms with Gasteiger partial charge in [-0.25, -0.2) is 4.98 Å². The minimum atomic E-state index is -0.205. The Morgan fingerprint density at radius 3 is 2.94 bits per heavy atom. The molecule has 1 aromatic rings. The molecule has 1 amide bonds. The quantitative estimate of drug-likeness (QED) is 0.811. The van der Waals surface area contributed by atoms with Gasteiger partial charge in [0.05, 0.1) is 6.10 Å². The molecule has 1 aliphatic carbocycles. The van der Waals surface area contributed by atoms with Crippen LogP contribution in [0, 0.1) is 0 Å². The normalized spacial score (nSPS) is 14.6. The second-order valence-electron chi connectivity index (χ2n) is 3.62. The molecule has 1 fully saturated rings. The number of pyridine rings is 1. The van der Waals surface area contributed by atoms with Crippen molar-refractivity contribution in [3.05, 3.63) is 18.0 Å². The van der Waals surface area contributed by atoms with E-state index in [0.717, 1.165) is 17.7 Å². The first-order chi connectivity index (χ1) is 7.74. The van der Waals surface area contributed by atoms with E-state index < -0.39 is 0 Å². The SMILES string of the molecule is CNC(=O)c1ncc(SC)cc1OC1CC1. The molecule has 5 heteroatoms. The summed E-state index contributed by atoms with van der Waals surface area (Å²) in [5, 5.41) is 2.56. The molecule has 0 spiro atoms. The van der Waals surface area contributed by atoms with Gasteiger partial charge in [0, 0.05) is 18.1 Å². The highest BCUT2D eigenvalue weighted by Gasteiger charge is 2.26. The van der Waals surface area contributed by atoms with Crippen LogP contribution in [0.25, 0.3) is 0 Å². The number of hydrogen-bond donors (Lipinski definition) is 1. The van der Waals surface area contributed by atoms with Gasteiger partial charge in [0.25, 0.3) is 5.91 Å². The zero-order valence-corrected chi connectivity index (χ0v) is 10.1. The predicted molar refractivity (Wildman–Crippen MR) is 63.1 cm³/mol. The van der Waals surface area contributed by atoms with Gasteiger partial charge in [-0.1, -0.05) is 0 Å². The third kappa shape index (κ3) is 2.47. The Kier molecular flexibility index (Phi) is 3.33. The molecule has 2 rings (SSSR count). The number of carbonyl (C=O) groups is 1. The van der Waals surface area contributed by atoms with Gasteiger partial charge in [0.15, 0.2) is 11.4 Å². The summed E-state index contributed by atoms with van der Waals surface area (Å²) in [6, 6.07) is 1.88. The maximum atomic E-state index is 11.6. The van der Waals surface area contributed by atoms with E-state index in [1.165, 1.54) is 0 Å². The number of hydrogen-bond acceptors (Lipinski definition) is 4. The van der Waals surface area contributed by atoms with Crippen molar-refractivity contribution in [1.82, 2.24) is 10.3 Å². The molecule has 1 aliphatic rings. The fourth-order valence-electron chi connectivity index (χ4n) is 1.28. The van der Waals surface area contributed by atoms with Crippen molar-refractivity contribution in [2.75, 3.05) is 13.3 Å². The highest BCUT2D eigenvalue weighted by atomic mass is 32.2. The Bertz CT molecular complexity index is 405. The van der Waals surface area contributed by atoms with Crippen molar-refractivity contribution in [3.63, 3.8) is 0 Å². The third-order valence-electron chi connectivity index (χ3n) is 2.32. The smallest absolute Gasteiger partial charge is 0.273 e. The van der Waals surface area contributed by atoms with E-state index >= 15 is 0 Å². The lowest BCUT2D eigenvalue weighted by atomic mass is 10.3. The molecule has 4 nitrogen and oxygen atoms in total. The van der Waals surface area contributed by atoms with Crippen LogP contribution in [-0.2, 0) is 0 Å². The highest BCUT2D eigenvalue weighted by molar-refractivity contribution is 7.98. The van der Waals surface area contributed by atoms with Crippen LogP contribution in [-0.4, -0.2) is 30.3 Å². The van der Waals surface area contributed by atoms with Crippen LogP contribution in [0.3, 0.4) is 0 Å². The van der Waals surface area contributed by atoms with Crippen LogP contribution in [0.5, 0.6) is 5.75 Å². The van der Waals surface area contributed by atoms with Crippen molar-refractivity contribution < 1.29 is 9.53 Å². The van der Waals surface area contributed by atoms with E-state index in [-0.39, 0.29) is 12.0 Å². The Morgan fingerprint density at radius 1 is 1.62 bits per heavy atom. The van der Waals surface area contributed by atoms with Crippen molar-refractivity contribution in [3.8, 4) is 5.75 Å². The zero-order chi connectivity index (χ0) is 11.5. The minimum Gasteiger partial charge on any atom is -0.488 e. The van der Waals surface area contributed by atoms with Gasteiger partial charge in [0.2, 0.25) is 0 Å². The number of nitrogens with one attached hydrogen (secondary N) is 1. The van der Waals surface area contributed by atoms with Crippen molar-refractivity contribution in [1.29, 1.82) is 0 Å². The van der Waals surface area contributed by atoms with E-state index in [1.54, 1.807) is 25.0 Å². The molecule has 1 saturated carbocycles. The molecule has 1 N–H and O–H groups in total. The molecule has 0 unspecified atom stereocenters. The van der Waals surface area contributed by atoms with Crippen LogP contribution in [0.4, 0.5) is 0 Å². The fourth-order valence-corrected chi connectivity index (χ4v) is 1.67. The summed E-state index contributed by atoms with van der Waals surface area (Å²) in [4.78, 5) is 16.7. The van der Waals surface area contributed by atoms with E-state index in [9.17, 15) is 4.79 Å². The number of amides is 1. The molecule has 16 heavy (non-hydrogen) atoms. The van der Waals surface area contributed by atoms with Gasteiger partial charge in [-0.15, -0.1) is 11.8 Å². The van der Waals surface area contributed by atoms with Gasteiger partial charge in [0.1, 0.15) is 0 Å². The highest BCUT2D eigenvalue weighted by Crippen LogP contribution is 2.30. The van der Waals surface area contributed by atoms with Crippen molar-refractivity contribution in [2.24, 2.45) is 0 Å². The Morgan fingerprint density at radius 2 is 2.38 bits per heavy atom. The van der Waals surface area contributed by atoms with Crippen LogP contribution < -0.4 is 10.1 Å². The summed E-state index contributed by atoms with van der Waals surface area (Å²) < 4.78 is 5.69. The molecule has 0 aromatic carbocycles. The lowest BCUT2D eigenvalue weighted by Gasteiger charge is -2.10. The van der Waals surface area contributed by atoms with Gasteiger partial charge in [-0.05, 0) is 25.2 Å². The van der Waals surface area contributed by atoms with Crippen LogP contribution in [0.2, 0.25) is 0 Å². The number of nitrogens with zero attached hydrogens (tertiary/aromatic N) is 1. The first-order valence-electron chi connectivity index (χ1n) is 5.17. The molecular weight excluding hydrogens is 224 g/mol. The van der Waals surface area contributed by atoms with Crippen LogP contribution in [0.1, 0.15) is 23.3 Å². The lowest BCUT2D eigenvalue weighted by Crippen LogP contribution is -2.20. The Balaban J connectivity index is 2.29. The van der Waals surface area contributed by atoms with E-state index in [1.807, 2.05) is 12.3 Å². The number of aromatic nitrogens is 1. The molecular formula is C11H14N2O2S. The predicted octanol–water partition coefficient (Wildman–Crippen LogP) is 1.70. The fraction of sp³-hybridized carbons (Fsp3) is 0.455. The molecule has 0 aliphatic heterocycles. The number of ether oxygens (including phenoxy) is 1. The summed E-state index contributed by atoms with van der Waals surface area (Å²) in [7, 11) is 1.59. The average molecular weight is 238 g/mol. The standard InChI is InChI=1S/C11H14N2O2S/c1-12-11(14)10-9(15-7-3-4-7)5-8(16-2)6-13-10/h5-7H,3-4H2,1-2H3,(H,12,14). The second kappa shape index (κ2) is 4.74. The van der Waals surface area contributed by atoms with Gasteiger partial charge >= 0.3 is 0 Å². The molecule has 0 bridgehead atoms. The zero-order valence-electron chi connectivity index (χ0n) is 9.32.